The quantitative estimate of drug-likeness (QED) is 0.804. The van der Waals surface area contributed by atoms with Crippen molar-refractivity contribution in [1.29, 1.82) is 0 Å². The third-order valence-electron chi connectivity index (χ3n) is 4.03. The van der Waals surface area contributed by atoms with Crippen molar-refractivity contribution in [2.75, 3.05) is 19.3 Å². The lowest BCUT2D eigenvalue weighted by molar-refractivity contribution is 0.147. The number of sulfonamides is 1. The minimum Gasteiger partial charge on any atom is -0.293 e. The van der Waals surface area contributed by atoms with Crippen LogP contribution in [0.4, 0.5) is 0 Å². The summed E-state index contributed by atoms with van der Waals surface area (Å²) in [5.41, 5.74) is 1.11. The summed E-state index contributed by atoms with van der Waals surface area (Å²) in [6.07, 6.45) is 4.72. The zero-order valence-electron chi connectivity index (χ0n) is 13.0. The van der Waals surface area contributed by atoms with Gasteiger partial charge in [-0.3, -0.25) is 4.90 Å². The molecule has 0 bridgehead atoms. The third-order valence-corrected chi connectivity index (χ3v) is 4.54. The predicted molar refractivity (Wildman–Crippen MR) is 87.3 cm³/mol. The Hall–Kier alpha value is -1.20. The molecule has 0 unspecified atom stereocenters. The van der Waals surface area contributed by atoms with Gasteiger partial charge in [-0.05, 0) is 45.3 Å². The average molecular weight is 308 g/mol. The van der Waals surface area contributed by atoms with Crippen LogP contribution < -0.4 is 0 Å². The first-order valence-electron chi connectivity index (χ1n) is 7.41. The van der Waals surface area contributed by atoms with Gasteiger partial charge in [0, 0.05) is 0 Å². The SMILES string of the molecule is CC(C)(/C(=N/S(C)(=O)=O)c1ccccc1)N1CCCCC1. The fourth-order valence-corrected chi connectivity index (χ4v) is 3.54. The molecule has 4 nitrogen and oxygen atoms in total. The molecule has 0 saturated carbocycles. The van der Waals surface area contributed by atoms with Crippen LogP contribution in [0.2, 0.25) is 0 Å². The van der Waals surface area contributed by atoms with Crippen LogP contribution in [-0.4, -0.2) is 43.9 Å². The monoisotopic (exact) mass is 308 g/mol. The molecule has 0 N–H and O–H groups in total. The van der Waals surface area contributed by atoms with Crippen molar-refractivity contribution in [3.05, 3.63) is 35.9 Å². The van der Waals surface area contributed by atoms with Gasteiger partial charge in [0.1, 0.15) is 0 Å². The van der Waals surface area contributed by atoms with Crippen LogP contribution >= 0.6 is 0 Å². The standard InChI is InChI=1S/C16H24N2O2S/c1-16(2,18-12-8-5-9-13-18)15(17-21(3,19)20)14-10-6-4-7-11-14/h4,6-7,10-11H,5,8-9,12-13H2,1-3H3/b17-15+. The number of rotatable bonds is 4. The number of benzene rings is 1. The Morgan fingerprint density at radius 1 is 1.10 bits per heavy atom. The number of nitrogens with zero attached hydrogens (tertiary/aromatic N) is 2. The van der Waals surface area contributed by atoms with Crippen LogP contribution in [0.15, 0.2) is 34.7 Å². The van der Waals surface area contributed by atoms with Gasteiger partial charge in [-0.2, -0.15) is 4.40 Å². The molecule has 5 heteroatoms. The van der Waals surface area contributed by atoms with Crippen molar-refractivity contribution in [1.82, 2.24) is 4.90 Å². The molecule has 1 aromatic rings. The maximum Gasteiger partial charge on any atom is 0.250 e. The lowest BCUT2D eigenvalue weighted by atomic mass is 9.89. The number of piperidine rings is 1. The van der Waals surface area contributed by atoms with E-state index >= 15 is 0 Å². The van der Waals surface area contributed by atoms with E-state index < -0.39 is 15.6 Å². The summed E-state index contributed by atoms with van der Waals surface area (Å²) < 4.78 is 27.6. The molecule has 1 saturated heterocycles. The van der Waals surface area contributed by atoms with E-state index in [-0.39, 0.29) is 0 Å². The molecule has 21 heavy (non-hydrogen) atoms. The zero-order valence-corrected chi connectivity index (χ0v) is 13.9. The molecule has 116 valence electrons. The first kappa shape index (κ1) is 16.2. The summed E-state index contributed by atoms with van der Waals surface area (Å²) in [4.78, 5) is 2.34. The van der Waals surface area contributed by atoms with Gasteiger partial charge in [0.25, 0.3) is 10.0 Å². The van der Waals surface area contributed by atoms with E-state index in [0.717, 1.165) is 37.8 Å². The van der Waals surface area contributed by atoms with Crippen LogP contribution in [0.5, 0.6) is 0 Å². The molecular weight excluding hydrogens is 284 g/mol. The van der Waals surface area contributed by atoms with Crippen LogP contribution in [0.1, 0.15) is 38.7 Å². The lowest BCUT2D eigenvalue weighted by Crippen LogP contribution is -2.52. The molecule has 1 heterocycles. The van der Waals surface area contributed by atoms with Crippen LogP contribution in [0, 0.1) is 0 Å². The number of hydrogen-bond acceptors (Lipinski definition) is 3. The van der Waals surface area contributed by atoms with Gasteiger partial charge in [0.15, 0.2) is 0 Å². The second-order valence-electron chi connectivity index (χ2n) is 6.15. The topological polar surface area (TPSA) is 49.7 Å². The van der Waals surface area contributed by atoms with Crippen molar-refractivity contribution in [3.63, 3.8) is 0 Å². The third kappa shape index (κ3) is 4.14. The van der Waals surface area contributed by atoms with Gasteiger partial charge in [-0.15, -0.1) is 0 Å². The van der Waals surface area contributed by atoms with Gasteiger partial charge in [-0.25, -0.2) is 8.42 Å². The highest BCUT2D eigenvalue weighted by Crippen LogP contribution is 2.26. The highest BCUT2D eigenvalue weighted by atomic mass is 32.2. The Balaban J connectivity index is 2.46. The Morgan fingerprint density at radius 3 is 2.19 bits per heavy atom. The van der Waals surface area contributed by atoms with Gasteiger partial charge in [0.2, 0.25) is 0 Å². The van der Waals surface area contributed by atoms with Crippen molar-refractivity contribution in [3.8, 4) is 0 Å². The summed E-state index contributed by atoms with van der Waals surface area (Å²) in [6, 6.07) is 9.61. The summed E-state index contributed by atoms with van der Waals surface area (Å²) in [5.74, 6) is 0. The first-order chi connectivity index (χ1) is 9.81. The highest BCUT2D eigenvalue weighted by molar-refractivity contribution is 7.89. The van der Waals surface area contributed by atoms with Crippen LogP contribution in [-0.2, 0) is 10.0 Å². The van der Waals surface area contributed by atoms with Gasteiger partial charge in [0.05, 0.1) is 17.5 Å². The fraction of sp³-hybridized carbons (Fsp3) is 0.562. The average Bonchev–Trinajstić information content (AvgIpc) is 2.46. The molecule has 2 rings (SSSR count). The van der Waals surface area contributed by atoms with Crippen molar-refractivity contribution in [2.45, 2.75) is 38.6 Å². The molecule has 1 fully saturated rings. The van der Waals surface area contributed by atoms with Gasteiger partial charge >= 0.3 is 0 Å². The minimum absolute atomic E-state index is 0.398. The number of hydrogen-bond donors (Lipinski definition) is 0. The zero-order chi connectivity index (χ0) is 15.5. The van der Waals surface area contributed by atoms with Gasteiger partial charge < -0.3 is 0 Å². The largest absolute Gasteiger partial charge is 0.293 e. The molecule has 1 aromatic carbocycles. The fourth-order valence-electron chi connectivity index (χ4n) is 2.88. The van der Waals surface area contributed by atoms with Crippen LogP contribution in [0.3, 0.4) is 0 Å². The minimum atomic E-state index is -3.43. The second kappa shape index (κ2) is 6.28. The van der Waals surface area contributed by atoms with E-state index in [9.17, 15) is 8.42 Å². The molecule has 0 aliphatic carbocycles. The maximum absolute atomic E-state index is 11.7. The van der Waals surface area contributed by atoms with E-state index in [1.165, 1.54) is 6.42 Å². The Bertz CT molecular complexity index is 600. The lowest BCUT2D eigenvalue weighted by Gasteiger charge is -2.41. The smallest absolute Gasteiger partial charge is 0.250 e. The van der Waals surface area contributed by atoms with Crippen molar-refractivity contribution >= 4 is 15.7 Å². The molecule has 0 aromatic heterocycles. The molecular formula is C16H24N2O2S. The van der Waals surface area contributed by atoms with Crippen molar-refractivity contribution < 1.29 is 8.42 Å². The summed E-state index contributed by atoms with van der Waals surface area (Å²) >= 11 is 0. The predicted octanol–water partition coefficient (Wildman–Crippen LogP) is 2.70. The number of likely N-dealkylation sites (tertiary alicyclic amines) is 1. The molecule has 0 amide bonds. The molecule has 0 atom stereocenters. The first-order valence-corrected chi connectivity index (χ1v) is 9.26. The van der Waals surface area contributed by atoms with E-state index in [1.54, 1.807) is 0 Å². The van der Waals surface area contributed by atoms with Gasteiger partial charge in [-0.1, -0.05) is 36.8 Å². The highest BCUT2D eigenvalue weighted by Gasteiger charge is 2.34. The summed E-state index contributed by atoms with van der Waals surface area (Å²) in [5, 5.41) is 0. The van der Waals surface area contributed by atoms with E-state index in [4.69, 9.17) is 0 Å². The van der Waals surface area contributed by atoms with E-state index in [1.807, 2.05) is 30.3 Å². The summed E-state index contributed by atoms with van der Waals surface area (Å²) in [7, 11) is -3.43. The van der Waals surface area contributed by atoms with E-state index in [2.05, 4.69) is 23.1 Å². The second-order valence-corrected chi connectivity index (χ2v) is 7.79. The Kier molecular flexibility index (Phi) is 4.84. The molecule has 1 aliphatic heterocycles. The summed E-state index contributed by atoms with van der Waals surface area (Å²) in [6.45, 7) is 6.11. The Morgan fingerprint density at radius 2 is 1.67 bits per heavy atom. The molecule has 1 aliphatic rings. The van der Waals surface area contributed by atoms with Crippen molar-refractivity contribution in [2.24, 2.45) is 4.40 Å². The maximum atomic E-state index is 11.7. The Labute approximate surface area is 127 Å². The molecule has 0 spiro atoms. The van der Waals surface area contributed by atoms with E-state index in [0.29, 0.717) is 5.71 Å². The normalized spacial score (nSPS) is 18.7. The molecule has 0 radical (unpaired) electrons. The van der Waals surface area contributed by atoms with Crippen LogP contribution in [0.25, 0.3) is 0 Å².